The van der Waals surface area contributed by atoms with Crippen molar-refractivity contribution in [1.82, 2.24) is 10.2 Å². The Bertz CT molecular complexity index is 1440. The lowest BCUT2D eigenvalue weighted by Gasteiger charge is -2.32. The van der Waals surface area contributed by atoms with Crippen LogP contribution in [0.25, 0.3) is 0 Å². The number of amides is 2. The zero-order valence-electron chi connectivity index (χ0n) is 25.2. The Labute approximate surface area is 261 Å². The lowest BCUT2D eigenvalue weighted by molar-refractivity contribution is -0.141. The molecule has 0 saturated carbocycles. The standard InChI is InChI=1S/C33H42ClN3O5S/c1-4-6-22-35-33(39)30(24-26-15-8-7-9-16-26)36(25-27-17-10-11-18-28(27)34)32(38)21-14-23-37(43(3,40)41)29-19-12-13-20-31(29)42-5-2/h7-13,15-20,30H,4-6,14,21-25H2,1-3H3,(H,35,39)/t30-/m1/s1. The monoisotopic (exact) mass is 627 g/mol. The molecule has 0 aliphatic rings. The Kier molecular flexibility index (Phi) is 13.3. The van der Waals surface area contributed by atoms with Crippen molar-refractivity contribution in [2.24, 2.45) is 0 Å². The molecule has 0 fully saturated rings. The van der Waals surface area contributed by atoms with Crippen molar-refractivity contribution in [3.63, 3.8) is 0 Å². The molecule has 2 amide bonds. The third kappa shape index (κ3) is 10.3. The van der Waals surface area contributed by atoms with Gasteiger partial charge in [0, 0.05) is 37.5 Å². The van der Waals surface area contributed by atoms with E-state index in [1.54, 1.807) is 35.2 Å². The largest absolute Gasteiger partial charge is 0.492 e. The van der Waals surface area contributed by atoms with E-state index in [4.69, 9.17) is 16.3 Å². The molecule has 0 aliphatic heterocycles. The van der Waals surface area contributed by atoms with E-state index in [1.807, 2.05) is 62.4 Å². The molecule has 0 aliphatic carbocycles. The topological polar surface area (TPSA) is 96.0 Å². The fraction of sp³-hybridized carbons (Fsp3) is 0.394. The summed E-state index contributed by atoms with van der Waals surface area (Å²) in [5.41, 5.74) is 2.07. The Morgan fingerprint density at radius 2 is 1.60 bits per heavy atom. The van der Waals surface area contributed by atoms with E-state index >= 15 is 0 Å². The highest BCUT2D eigenvalue weighted by atomic mass is 35.5. The minimum atomic E-state index is -3.67. The molecule has 0 aromatic heterocycles. The molecule has 8 nitrogen and oxygen atoms in total. The summed E-state index contributed by atoms with van der Waals surface area (Å²) in [5.74, 6) is -0.0482. The molecule has 10 heteroatoms. The van der Waals surface area contributed by atoms with Gasteiger partial charge in [-0.1, -0.05) is 85.6 Å². The van der Waals surface area contributed by atoms with E-state index in [9.17, 15) is 18.0 Å². The SMILES string of the molecule is CCCCNC(=O)[C@@H](Cc1ccccc1)N(Cc1ccccc1Cl)C(=O)CCCN(c1ccccc1OCC)S(C)(=O)=O. The van der Waals surface area contributed by atoms with Crippen LogP contribution in [0.3, 0.4) is 0 Å². The fourth-order valence-electron chi connectivity index (χ4n) is 4.79. The molecule has 43 heavy (non-hydrogen) atoms. The number of hydrogen-bond donors (Lipinski definition) is 1. The number of carbonyl (C=O) groups is 2. The normalized spacial score (nSPS) is 11.9. The van der Waals surface area contributed by atoms with Gasteiger partial charge >= 0.3 is 0 Å². The number of benzene rings is 3. The molecule has 0 spiro atoms. The van der Waals surface area contributed by atoms with E-state index in [1.165, 1.54) is 4.31 Å². The highest BCUT2D eigenvalue weighted by molar-refractivity contribution is 7.92. The number of ether oxygens (including phenoxy) is 1. The minimum absolute atomic E-state index is 0.0286. The first-order chi connectivity index (χ1) is 20.7. The molecule has 232 valence electrons. The molecule has 3 aromatic rings. The summed E-state index contributed by atoms with van der Waals surface area (Å²) in [6.45, 7) is 4.98. The summed E-state index contributed by atoms with van der Waals surface area (Å²) in [6, 6.07) is 23.0. The van der Waals surface area contributed by atoms with Crippen LogP contribution in [-0.4, -0.2) is 57.1 Å². The first-order valence-corrected chi connectivity index (χ1v) is 16.9. The molecular weight excluding hydrogens is 586 g/mol. The molecule has 0 saturated heterocycles. The van der Waals surface area contributed by atoms with Gasteiger partial charge in [0.15, 0.2) is 0 Å². The maximum absolute atomic E-state index is 14.0. The Morgan fingerprint density at radius 3 is 2.28 bits per heavy atom. The van der Waals surface area contributed by atoms with Crippen LogP contribution in [0.1, 0.15) is 50.7 Å². The number of sulfonamides is 1. The number of nitrogens with zero attached hydrogens (tertiary/aromatic N) is 2. The average Bonchev–Trinajstić information content (AvgIpc) is 2.98. The third-order valence-electron chi connectivity index (χ3n) is 6.99. The van der Waals surface area contributed by atoms with E-state index < -0.39 is 16.1 Å². The van der Waals surface area contributed by atoms with Crippen molar-refractivity contribution in [1.29, 1.82) is 0 Å². The van der Waals surface area contributed by atoms with Crippen LogP contribution in [-0.2, 0) is 32.6 Å². The molecule has 1 atom stereocenters. The van der Waals surface area contributed by atoms with Crippen molar-refractivity contribution < 1.29 is 22.7 Å². The maximum atomic E-state index is 14.0. The summed E-state index contributed by atoms with van der Waals surface area (Å²) in [7, 11) is -3.67. The van der Waals surface area contributed by atoms with Crippen LogP contribution >= 0.6 is 11.6 Å². The lowest BCUT2D eigenvalue weighted by atomic mass is 10.0. The van der Waals surface area contributed by atoms with Gasteiger partial charge in [0.2, 0.25) is 21.8 Å². The Morgan fingerprint density at radius 1 is 0.930 bits per heavy atom. The summed E-state index contributed by atoms with van der Waals surface area (Å²) in [4.78, 5) is 29.2. The number of para-hydroxylation sites is 2. The van der Waals surface area contributed by atoms with Gasteiger partial charge in [-0.05, 0) is 49.1 Å². The lowest BCUT2D eigenvalue weighted by Crippen LogP contribution is -2.50. The van der Waals surface area contributed by atoms with Gasteiger partial charge < -0.3 is 15.0 Å². The van der Waals surface area contributed by atoms with Crippen molar-refractivity contribution >= 4 is 39.1 Å². The van der Waals surface area contributed by atoms with Gasteiger partial charge in [0.25, 0.3) is 0 Å². The predicted octanol–water partition coefficient (Wildman–Crippen LogP) is 5.84. The summed E-state index contributed by atoms with van der Waals surface area (Å²) >= 11 is 6.50. The highest BCUT2D eigenvalue weighted by Crippen LogP contribution is 2.30. The Balaban J connectivity index is 1.89. The van der Waals surface area contributed by atoms with Crippen LogP contribution < -0.4 is 14.4 Å². The van der Waals surface area contributed by atoms with Gasteiger partial charge in [0.05, 0.1) is 18.6 Å². The number of hydrogen-bond acceptors (Lipinski definition) is 5. The van der Waals surface area contributed by atoms with Crippen molar-refractivity contribution in [3.05, 3.63) is 95.0 Å². The molecule has 0 radical (unpaired) electrons. The number of unbranched alkanes of at least 4 members (excludes halogenated alkanes) is 1. The van der Waals surface area contributed by atoms with Crippen LogP contribution in [0.15, 0.2) is 78.9 Å². The van der Waals surface area contributed by atoms with Crippen LogP contribution in [0.2, 0.25) is 5.02 Å². The van der Waals surface area contributed by atoms with Gasteiger partial charge in [-0.25, -0.2) is 8.42 Å². The van der Waals surface area contributed by atoms with E-state index in [2.05, 4.69) is 5.32 Å². The van der Waals surface area contributed by atoms with Gasteiger partial charge in [-0.15, -0.1) is 0 Å². The fourth-order valence-corrected chi connectivity index (χ4v) is 5.96. The summed E-state index contributed by atoms with van der Waals surface area (Å²) < 4.78 is 32.6. The molecule has 0 unspecified atom stereocenters. The van der Waals surface area contributed by atoms with Crippen molar-refractivity contribution in [3.8, 4) is 5.75 Å². The van der Waals surface area contributed by atoms with E-state index in [-0.39, 0.29) is 37.7 Å². The third-order valence-corrected chi connectivity index (χ3v) is 8.53. The van der Waals surface area contributed by atoms with Crippen LogP contribution in [0.4, 0.5) is 5.69 Å². The molecular formula is C33H42ClN3O5S. The quantitative estimate of drug-likeness (QED) is 0.190. The molecule has 3 rings (SSSR count). The Hall–Kier alpha value is -3.56. The smallest absolute Gasteiger partial charge is 0.243 e. The van der Waals surface area contributed by atoms with Crippen molar-refractivity contribution in [2.45, 2.75) is 58.5 Å². The average molecular weight is 628 g/mol. The summed E-state index contributed by atoms with van der Waals surface area (Å²) in [5, 5.41) is 3.51. The van der Waals surface area contributed by atoms with Crippen molar-refractivity contribution in [2.75, 3.05) is 30.3 Å². The summed E-state index contributed by atoms with van der Waals surface area (Å²) in [6.07, 6.45) is 3.48. The van der Waals surface area contributed by atoms with Crippen LogP contribution in [0.5, 0.6) is 5.75 Å². The van der Waals surface area contributed by atoms with E-state index in [0.717, 1.165) is 30.2 Å². The second kappa shape index (κ2) is 16.9. The highest BCUT2D eigenvalue weighted by Gasteiger charge is 2.31. The minimum Gasteiger partial charge on any atom is -0.492 e. The molecule has 0 bridgehead atoms. The van der Waals surface area contributed by atoms with Gasteiger partial charge in [-0.3, -0.25) is 13.9 Å². The van der Waals surface area contributed by atoms with Crippen LogP contribution in [0, 0.1) is 0 Å². The first kappa shape index (κ1) is 33.9. The number of rotatable bonds is 17. The second-order valence-corrected chi connectivity index (χ2v) is 12.6. The van der Waals surface area contributed by atoms with Gasteiger partial charge in [-0.2, -0.15) is 0 Å². The molecule has 3 aromatic carbocycles. The van der Waals surface area contributed by atoms with E-state index in [0.29, 0.717) is 36.0 Å². The first-order valence-electron chi connectivity index (χ1n) is 14.7. The molecule has 0 heterocycles. The van der Waals surface area contributed by atoms with Gasteiger partial charge in [0.1, 0.15) is 11.8 Å². The zero-order valence-corrected chi connectivity index (χ0v) is 26.7. The predicted molar refractivity (Wildman–Crippen MR) is 173 cm³/mol. The number of carbonyl (C=O) groups excluding carboxylic acids is 2. The molecule has 1 N–H and O–H groups in total. The number of nitrogens with one attached hydrogen (secondary N) is 1. The number of halogens is 1. The number of anilines is 1. The zero-order chi connectivity index (χ0) is 31.2. The second-order valence-electron chi connectivity index (χ2n) is 10.3. The maximum Gasteiger partial charge on any atom is 0.243 e.